The first-order valence-corrected chi connectivity index (χ1v) is 11.6. The Bertz CT molecular complexity index is 1780. The summed E-state index contributed by atoms with van der Waals surface area (Å²) in [7, 11) is 0. The number of aromatic nitrogens is 2. The van der Waals surface area contributed by atoms with Crippen LogP contribution < -0.4 is 0 Å². The lowest BCUT2D eigenvalue weighted by Crippen LogP contribution is -2.04. The van der Waals surface area contributed by atoms with E-state index in [-0.39, 0.29) is 22.1 Å². The minimum atomic E-state index is -0.586. The Morgan fingerprint density at radius 3 is 2.57 bits per heavy atom. The fourth-order valence-electron chi connectivity index (χ4n) is 4.22. The van der Waals surface area contributed by atoms with Crippen LogP contribution in [-0.2, 0) is 0 Å². The molecule has 6 rings (SSSR count). The minimum absolute atomic E-state index is 0.0309. The summed E-state index contributed by atoms with van der Waals surface area (Å²) in [6.07, 6.45) is 0. The van der Waals surface area contributed by atoms with Gasteiger partial charge < -0.3 is 14.6 Å². The molecule has 0 fully saturated rings. The van der Waals surface area contributed by atoms with E-state index in [1.54, 1.807) is 19.1 Å². The Morgan fingerprint density at radius 1 is 1.00 bits per heavy atom. The number of ketones is 1. The van der Waals surface area contributed by atoms with Crippen LogP contribution in [0.2, 0.25) is 0 Å². The van der Waals surface area contributed by atoms with Crippen molar-refractivity contribution in [3.8, 4) is 28.0 Å². The molecule has 0 atom stereocenters. The number of rotatable bonds is 4. The van der Waals surface area contributed by atoms with Crippen molar-refractivity contribution in [3.63, 3.8) is 0 Å². The topological polar surface area (TPSA) is 88.5 Å². The fraction of sp³-hybridized carbons (Fsp3) is 0.0370. The number of furan rings is 1. The molecular weight excluding hydrogens is 467 g/mol. The summed E-state index contributed by atoms with van der Waals surface area (Å²) in [6.45, 7) is 1.71. The smallest absolute Gasteiger partial charge is 0.242 e. The second-order valence-electron chi connectivity index (χ2n) is 8.14. The molecule has 0 amide bonds. The molecule has 3 aromatic heterocycles. The zero-order valence-corrected chi connectivity index (χ0v) is 19.1. The van der Waals surface area contributed by atoms with Gasteiger partial charge in [0.1, 0.15) is 11.6 Å². The third kappa shape index (κ3) is 3.38. The van der Waals surface area contributed by atoms with Gasteiger partial charge in [-0.05, 0) is 54.1 Å². The van der Waals surface area contributed by atoms with Crippen LogP contribution in [0.3, 0.4) is 0 Å². The SMILES string of the molecule is Cc1ccc(C(=O)c2c(O)c(O)n(-c3nc4ccc(F)cc4s3)c2-c2ccc3ccccc3c2)o1. The summed E-state index contributed by atoms with van der Waals surface area (Å²) in [5, 5.41) is 24.2. The van der Waals surface area contributed by atoms with Gasteiger partial charge in [0.2, 0.25) is 11.7 Å². The van der Waals surface area contributed by atoms with E-state index in [0.717, 1.165) is 22.1 Å². The number of aryl methyl sites for hydroxylation is 1. The van der Waals surface area contributed by atoms with Gasteiger partial charge in [-0.15, -0.1) is 0 Å². The highest BCUT2D eigenvalue weighted by atomic mass is 32.1. The molecule has 0 saturated carbocycles. The maximum atomic E-state index is 13.8. The molecule has 8 heteroatoms. The number of carbonyl (C=O) groups excluding carboxylic acids is 1. The molecule has 0 spiro atoms. The summed E-state index contributed by atoms with van der Waals surface area (Å²) in [4.78, 5) is 18.0. The Labute approximate surface area is 202 Å². The van der Waals surface area contributed by atoms with Gasteiger partial charge in [0.25, 0.3) is 0 Å². The van der Waals surface area contributed by atoms with Crippen LogP contribution in [0.15, 0.2) is 77.2 Å². The van der Waals surface area contributed by atoms with Gasteiger partial charge in [-0.25, -0.2) is 9.37 Å². The minimum Gasteiger partial charge on any atom is -0.503 e. The van der Waals surface area contributed by atoms with E-state index < -0.39 is 23.2 Å². The highest BCUT2D eigenvalue weighted by Gasteiger charge is 2.32. The summed E-state index contributed by atoms with van der Waals surface area (Å²) in [5.74, 6) is -1.55. The number of benzene rings is 3. The van der Waals surface area contributed by atoms with Crippen molar-refractivity contribution in [1.82, 2.24) is 9.55 Å². The van der Waals surface area contributed by atoms with Crippen LogP contribution in [0.4, 0.5) is 4.39 Å². The zero-order valence-electron chi connectivity index (χ0n) is 18.3. The van der Waals surface area contributed by atoms with Crippen LogP contribution in [0, 0.1) is 12.7 Å². The quantitative estimate of drug-likeness (QED) is 0.276. The number of carbonyl (C=O) groups is 1. The molecule has 0 bridgehead atoms. The molecule has 6 nitrogen and oxygen atoms in total. The van der Waals surface area contributed by atoms with Gasteiger partial charge in [-0.1, -0.05) is 47.7 Å². The number of hydrogen-bond donors (Lipinski definition) is 2. The van der Waals surface area contributed by atoms with Crippen LogP contribution in [0.5, 0.6) is 11.6 Å². The van der Waals surface area contributed by atoms with E-state index in [4.69, 9.17) is 4.42 Å². The zero-order chi connectivity index (χ0) is 24.3. The molecule has 0 aliphatic rings. The van der Waals surface area contributed by atoms with Crippen LogP contribution in [-0.4, -0.2) is 25.5 Å². The Kier molecular flexibility index (Phi) is 4.72. The number of halogens is 1. The standard InChI is InChI=1S/C27H17FN2O4S/c1-14-6-11-20(34-14)24(31)22-23(17-8-7-15-4-2-3-5-16(15)12-17)30(26(33)25(22)32)27-29-19-10-9-18(28)13-21(19)35-27/h2-13,32-33H,1H3. The average molecular weight is 485 g/mol. The second-order valence-corrected chi connectivity index (χ2v) is 9.15. The number of thiazole rings is 1. The van der Waals surface area contributed by atoms with Gasteiger partial charge >= 0.3 is 0 Å². The maximum Gasteiger partial charge on any atom is 0.242 e. The molecule has 172 valence electrons. The van der Waals surface area contributed by atoms with E-state index in [1.807, 2.05) is 42.5 Å². The van der Waals surface area contributed by atoms with Crippen molar-refractivity contribution in [3.05, 3.63) is 95.7 Å². The molecule has 0 unspecified atom stereocenters. The lowest BCUT2D eigenvalue weighted by molar-refractivity contribution is 0.101. The lowest BCUT2D eigenvalue weighted by Gasteiger charge is -2.10. The largest absolute Gasteiger partial charge is 0.503 e. The Balaban J connectivity index is 1.66. The average Bonchev–Trinajstić information content (AvgIpc) is 3.54. The Morgan fingerprint density at radius 2 is 1.80 bits per heavy atom. The molecule has 0 aliphatic carbocycles. The molecule has 6 aromatic rings. The Hall–Kier alpha value is -4.43. The lowest BCUT2D eigenvalue weighted by atomic mass is 10.00. The summed E-state index contributed by atoms with van der Waals surface area (Å²) in [6, 6.07) is 20.7. The van der Waals surface area contributed by atoms with E-state index in [9.17, 15) is 19.4 Å². The highest BCUT2D eigenvalue weighted by Crippen LogP contribution is 2.45. The molecular formula is C27H17FN2O4S. The highest BCUT2D eigenvalue weighted by molar-refractivity contribution is 7.20. The van der Waals surface area contributed by atoms with Crippen LogP contribution >= 0.6 is 11.3 Å². The van der Waals surface area contributed by atoms with Gasteiger partial charge in [-0.2, -0.15) is 0 Å². The molecule has 0 saturated heterocycles. The first kappa shape index (κ1) is 21.1. The fourth-order valence-corrected chi connectivity index (χ4v) is 5.22. The molecule has 3 heterocycles. The normalized spacial score (nSPS) is 11.5. The first-order valence-electron chi connectivity index (χ1n) is 10.7. The van der Waals surface area contributed by atoms with Crippen LogP contribution in [0.25, 0.3) is 37.4 Å². The third-order valence-electron chi connectivity index (χ3n) is 5.87. The third-order valence-corrected chi connectivity index (χ3v) is 6.87. The first-order chi connectivity index (χ1) is 16.9. The monoisotopic (exact) mass is 484 g/mol. The predicted octanol–water partition coefficient (Wildman–Crippen LogP) is 6.59. The van der Waals surface area contributed by atoms with Gasteiger partial charge in [0, 0.05) is 5.56 Å². The number of hydrogen-bond acceptors (Lipinski definition) is 6. The van der Waals surface area contributed by atoms with Crippen molar-refractivity contribution in [1.29, 1.82) is 0 Å². The molecule has 0 radical (unpaired) electrons. The van der Waals surface area contributed by atoms with Crippen molar-refractivity contribution in [2.45, 2.75) is 6.92 Å². The van der Waals surface area contributed by atoms with Crippen molar-refractivity contribution < 1.29 is 23.8 Å². The van der Waals surface area contributed by atoms with Crippen molar-refractivity contribution in [2.75, 3.05) is 0 Å². The summed E-state index contributed by atoms with van der Waals surface area (Å²) >= 11 is 1.13. The molecule has 35 heavy (non-hydrogen) atoms. The molecule has 2 N–H and O–H groups in total. The van der Waals surface area contributed by atoms with E-state index in [1.165, 1.54) is 22.8 Å². The van der Waals surface area contributed by atoms with E-state index in [0.29, 0.717) is 21.5 Å². The van der Waals surface area contributed by atoms with E-state index in [2.05, 4.69) is 4.98 Å². The van der Waals surface area contributed by atoms with Crippen molar-refractivity contribution in [2.24, 2.45) is 0 Å². The summed E-state index contributed by atoms with van der Waals surface area (Å²) in [5.41, 5.74) is 1.25. The molecule has 3 aromatic carbocycles. The number of aromatic hydroxyl groups is 2. The van der Waals surface area contributed by atoms with Crippen LogP contribution in [0.1, 0.15) is 21.9 Å². The van der Waals surface area contributed by atoms with E-state index >= 15 is 0 Å². The number of nitrogens with zero attached hydrogens (tertiary/aromatic N) is 2. The second kappa shape index (κ2) is 7.82. The summed E-state index contributed by atoms with van der Waals surface area (Å²) < 4.78 is 21.2. The maximum absolute atomic E-state index is 13.8. The number of fused-ring (bicyclic) bond motifs is 2. The van der Waals surface area contributed by atoms with Crippen molar-refractivity contribution >= 4 is 38.1 Å². The van der Waals surface area contributed by atoms with Gasteiger partial charge in [0.05, 0.1) is 21.5 Å². The predicted molar refractivity (Wildman–Crippen MR) is 132 cm³/mol. The van der Waals surface area contributed by atoms with Gasteiger partial charge in [-0.3, -0.25) is 9.36 Å². The molecule has 0 aliphatic heterocycles. The van der Waals surface area contributed by atoms with Gasteiger partial charge in [0.15, 0.2) is 16.6 Å².